The number of carbonyl (C=O) groups excluding carboxylic acids is 1. The number of halogens is 2. The highest BCUT2D eigenvalue weighted by Gasteiger charge is 2.14. The molecule has 5 nitrogen and oxygen atoms in total. The summed E-state index contributed by atoms with van der Waals surface area (Å²) in [7, 11) is 1.69. The van der Waals surface area contributed by atoms with Gasteiger partial charge in [-0.15, -0.1) is 0 Å². The van der Waals surface area contributed by atoms with Gasteiger partial charge in [0.05, 0.1) is 19.0 Å². The molecule has 0 aliphatic carbocycles. The number of aromatic nitrogens is 2. The molecular formula is C21H29F2N3O2. The van der Waals surface area contributed by atoms with Crippen molar-refractivity contribution in [3.8, 4) is 5.75 Å². The van der Waals surface area contributed by atoms with Crippen molar-refractivity contribution in [3.05, 3.63) is 47.0 Å². The maximum atomic E-state index is 14.6. The summed E-state index contributed by atoms with van der Waals surface area (Å²) in [6, 6.07) is 6.61. The molecule has 7 heteroatoms. The number of alkyl halides is 1. The highest BCUT2D eigenvalue weighted by Crippen LogP contribution is 2.21. The SMILES string of the molecule is Cc1cc(C(=O)NCc2cccc(OCCCCCCCCF)c2F)n(C)n1. The Morgan fingerprint density at radius 3 is 2.57 bits per heavy atom. The predicted molar refractivity (Wildman–Crippen MR) is 105 cm³/mol. The molecule has 0 aliphatic heterocycles. The minimum absolute atomic E-state index is 0.0701. The topological polar surface area (TPSA) is 56.1 Å². The molecule has 0 fully saturated rings. The molecule has 1 amide bonds. The van der Waals surface area contributed by atoms with E-state index >= 15 is 0 Å². The molecule has 0 saturated carbocycles. The summed E-state index contributed by atoms with van der Waals surface area (Å²) in [6.45, 7) is 2.06. The fraction of sp³-hybridized carbons (Fsp3) is 0.524. The average molecular weight is 393 g/mol. The van der Waals surface area contributed by atoms with Gasteiger partial charge in [-0.3, -0.25) is 13.9 Å². The molecule has 0 aliphatic rings. The van der Waals surface area contributed by atoms with Gasteiger partial charge in [-0.05, 0) is 31.9 Å². The number of hydrogen-bond acceptors (Lipinski definition) is 3. The zero-order valence-corrected chi connectivity index (χ0v) is 16.6. The van der Waals surface area contributed by atoms with Crippen molar-refractivity contribution >= 4 is 5.91 Å². The van der Waals surface area contributed by atoms with Gasteiger partial charge in [0.25, 0.3) is 5.91 Å². The lowest BCUT2D eigenvalue weighted by molar-refractivity contribution is 0.0941. The number of hydrogen-bond donors (Lipinski definition) is 1. The number of nitrogens with zero attached hydrogens (tertiary/aromatic N) is 2. The fourth-order valence-corrected chi connectivity index (χ4v) is 2.98. The van der Waals surface area contributed by atoms with E-state index in [1.54, 1.807) is 38.2 Å². The Morgan fingerprint density at radius 2 is 1.89 bits per heavy atom. The quantitative estimate of drug-likeness (QED) is 0.541. The van der Waals surface area contributed by atoms with Crippen molar-refractivity contribution in [2.45, 2.75) is 52.0 Å². The number of benzene rings is 1. The minimum Gasteiger partial charge on any atom is -0.491 e. The second-order valence-corrected chi connectivity index (χ2v) is 6.87. The van der Waals surface area contributed by atoms with Gasteiger partial charge in [0.2, 0.25) is 0 Å². The largest absolute Gasteiger partial charge is 0.491 e. The van der Waals surface area contributed by atoms with Gasteiger partial charge in [0.1, 0.15) is 5.69 Å². The lowest BCUT2D eigenvalue weighted by atomic mass is 10.1. The summed E-state index contributed by atoms with van der Waals surface area (Å²) in [5.74, 6) is -0.561. The van der Waals surface area contributed by atoms with Gasteiger partial charge in [-0.2, -0.15) is 5.10 Å². The second-order valence-electron chi connectivity index (χ2n) is 6.87. The maximum Gasteiger partial charge on any atom is 0.269 e. The Labute approximate surface area is 165 Å². The molecule has 1 aromatic heterocycles. The monoisotopic (exact) mass is 393 g/mol. The van der Waals surface area contributed by atoms with E-state index in [1.807, 2.05) is 0 Å². The Kier molecular flexibility index (Phi) is 8.91. The van der Waals surface area contributed by atoms with Gasteiger partial charge in [-0.1, -0.05) is 37.8 Å². The molecule has 0 spiro atoms. The molecule has 154 valence electrons. The Hall–Kier alpha value is -2.44. The zero-order valence-electron chi connectivity index (χ0n) is 16.6. The Morgan fingerprint density at radius 1 is 1.18 bits per heavy atom. The normalized spacial score (nSPS) is 10.9. The van der Waals surface area contributed by atoms with Gasteiger partial charge in [0, 0.05) is 19.2 Å². The van der Waals surface area contributed by atoms with Crippen LogP contribution >= 0.6 is 0 Å². The standard InChI is InChI=1S/C21H29F2N3O2/c1-16-14-18(26(2)25-16)21(27)24-15-17-10-9-11-19(20(17)23)28-13-8-6-4-3-5-7-12-22/h9-11,14H,3-8,12-13,15H2,1-2H3,(H,24,27). The molecule has 2 rings (SSSR count). The van der Waals surface area contributed by atoms with Gasteiger partial charge >= 0.3 is 0 Å². The third-order valence-corrected chi connectivity index (χ3v) is 4.50. The van der Waals surface area contributed by atoms with Crippen LogP contribution in [0.4, 0.5) is 8.78 Å². The molecule has 0 atom stereocenters. The van der Waals surface area contributed by atoms with Crippen LogP contribution < -0.4 is 10.1 Å². The highest BCUT2D eigenvalue weighted by atomic mass is 19.1. The predicted octanol–water partition coefficient (Wildman–Crippen LogP) is 4.49. The van der Waals surface area contributed by atoms with Crippen LogP contribution in [0, 0.1) is 12.7 Å². The Balaban J connectivity index is 1.78. The molecule has 0 unspecified atom stereocenters. The molecule has 1 N–H and O–H groups in total. The molecule has 0 radical (unpaired) electrons. The maximum absolute atomic E-state index is 14.6. The van der Waals surface area contributed by atoms with Crippen LogP contribution in [0.1, 0.15) is 60.3 Å². The highest BCUT2D eigenvalue weighted by molar-refractivity contribution is 5.92. The average Bonchev–Trinajstić information content (AvgIpc) is 3.02. The van der Waals surface area contributed by atoms with E-state index in [-0.39, 0.29) is 24.9 Å². The first-order chi connectivity index (χ1) is 13.5. The zero-order chi connectivity index (χ0) is 20.4. The van der Waals surface area contributed by atoms with Crippen LogP contribution in [0.2, 0.25) is 0 Å². The van der Waals surface area contributed by atoms with Crippen LogP contribution in [0.15, 0.2) is 24.3 Å². The number of unbranched alkanes of at least 4 members (excludes halogenated alkanes) is 5. The first kappa shape index (κ1) is 21.9. The molecular weight excluding hydrogens is 364 g/mol. The van der Waals surface area contributed by atoms with Gasteiger partial charge in [0.15, 0.2) is 11.6 Å². The minimum atomic E-state index is -0.452. The van der Waals surface area contributed by atoms with Crippen LogP contribution in [0.5, 0.6) is 5.75 Å². The summed E-state index contributed by atoms with van der Waals surface area (Å²) >= 11 is 0. The van der Waals surface area contributed by atoms with E-state index in [0.717, 1.165) is 37.8 Å². The Bertz CT molecular complexity index is 762. The number of amides is 1. The molecule has 2 aromatic rings. The molecule has 1 aromatic carbocycles. The van der Waals surface area contributed by atoms with E-state index in [9.17, 15) is 13.6 Å². The van der Waals surface area contributed by atoms with Gasteiger partial charge < -0.3 is 10.1 Å². The van der Waals surface area contributed by atoms with Crippen molar-refractivity contribution in [2.24, 2.45) is 7.05 Å². The van der Waals surface area contributed by atoms with Crippen LogP contribution in [0.25, 0.3) is 0 Å². The molecule has 0 bridgehead atoms. The smallest absolute Gasteiger partial charge is 0.269 e. The van der Waals surface area contributed by atoms with E-state index < -0.39 is 5.82 Å². The fourth-order valence-electron chi connectivity index (χ4n) is 2.98. The van der Waals surface area contributed by atoms with Crippen LogP contribution in [0.3, 0.4) is 0 Å². The van der Waals surface area contributed by atoms with Crippen molar-refractivity contribution in [1.29, 1.82) is 0 Å². The summed E-state index contributed by atoms with van der Waals surface area (Å²) in [5, 5.41) is 6.85. The molecule has 0 saturated heterocycles. The lowest BCUT2D eigenvalue weighted by Gasteiger charge is -2.11. The third-order valence-electron chi connectivity index (χ3n) is 4.50. The number of carbonyl (C=O) groups is 1. The number of ether oxygens (including phenoxy) is 1. The summed E-state index contributed by atoms with van der Waals surface area (Å²) < 4.78 is 33.7. The third kappa shape index (κ3) is 6.62. The number of rotatable bonds is 12. The second kappa shape index (κ2) is 11.4. The van der Waals surface area contributed by atoms with Crippen molar-refractivity contribution in [2.75, 3.05) is 13.3 Å². The number of aryl methyl sites for hydroxylation is 2. The summed E-state index contributed by atoms with van der Waals surface area (Å²) in [6.07, 6.45) is 5.40. The van der Waals surface area contributed by atoms with Crippen molar-refractivity contribution < 1.29 is 18.3 Å². The van der Waals surface area contributed by atoms with E-state index in [4.69, 9.17) is 4.74 Å². The number of nitrogens with one attached hydrogen (secondary N) is 1. The van der Waals surface area contributed by atoms with Crippen LogP contribution in [-0.4, -0.2) is 29.0 Å². The van der Waals surface area contributed by atoms with E-state index in [0.29, 0.717) is 24.3 Å². The van der Waals surface area contributed by atoms with E-state index in [2.05, 4.69) is 10.4 Å². The van der Waals surface area contributed by atoms with Crippen molar-refractivity contribution in [3.63, 3.8) is 0 Å². The first-order valence-electron chi connectivity index (χ1n) is 9.78. The molecule has 1 heterocycles. The molecule has 28 heavy (non-hydrogen) atoms. The lowest BCUT2D eigenvalue weighted by Crippen LogP contribution is -2.25. The van der Waals surface area contributed by atoms with Gasteiger partial charge in [-0.25, -0.2) is 4.39 Å². The van der Waals surface area contributed by atoms with Crippen LogP contribution in [-0.2, 0) is 13.6 Å². The summed E-state index contributed by atoms with van der Waals surface area (Å²) in [4.78, 5) is 12.2. The van der Waals surface area contributed by atoms with E-state index in [1.165, 1.54) is 4.68 Å². The summed E-state index contributed by atoms with van der Waals surface area (Å²) in [5.41, 5.74) is 1.55. The van der Waals surface area contributed by atoms with Crippen molar-refractivity contribution in [1.82, 2.24) is 15.1 Å². The first-order valence-corrected chi connectivity index (χ1v) is 9.78.